The molecule has 4 N–H and O–H groups in total. The minimum absolute atomic E-state index is 0.383. The van der Waals surface area contributed by atoms with E-state index < -0.39 is 5.60 Å². The summed E-state index contributed by atoms with van der Waals surface area (Å²) >= 11 is 11.6. The first kappa shape index (κ1) is 28.2. The lowest BCUT2D eigenvalue weighted by atomic mass is 10.1. The van der Waals surface area contributed by atoms with E-state index in [9.17, 15) is 14.7 Å². The van der Waals surface area contributed by atoms with Gasteiger partial charge in [-0.3, -0.25) is 20.4 Å². The fraction of sp³-hybridized carbons (Fsp3) is 0.318. The standard InChI is InChI=1S/C12H15ClN2O.C8H7ClN2O2.C2H6/c1-8-10(15-7-12(2,3)16)5-4-9(6-14)11(8)13;9-7-3-1-6(2-4-7)8(13)11-10-5-12;1-2/h4-5,15-16H,7H2,1-3H3;1-5H,(H,10,12)(H,11,13);1-2H3. The second-order valence-corrected chi connectivity index (χ2v) is 7.42. The number of nitrogens with zero attached hydrogens (tertiary/aromatic N) is 1. The number of benzene rings is 2. The van der Waals surface area contributed by atoms with Gasteiger partial charge in [0.2, 0.25) is 6.41 Å². The SMILES string of the molecule is CC.Cc1c(NCC(C)(C)O)ccc(C#N)c1Cl.O=CNNC(=O)c1ccc(Cl)cc1. The van der Waals surface area contributed by atoms with Gasteiger partial charge >= 0.3 is 0 Å². The molecule has 0 saturated heterocycles. The Bertz CT molecular complexity index is 889. The molecular formula is C22H28Cl2N4O3. The Hall–Kier alpha value is -2.79. The van der Waals surface area contributed by atoms with Gasteiger partial charge in [0, 0.05) is 22.8 Å². The van der Waals surface area contributed by atoms with E-state index in [1.807, 2.05) is 32.3 Å². The molecule has 0 spiro atoms. The Morgan fingerprint density at radius 3 is 2.23 bits per heavy atom. The third kappa shape index (κ3) is 10.7. The second-order valence-electron chi connectivity index (χ2n) is 6.60. The van der Waals surface area contributed by atoms with Crippen LogP contribution in [0.2, 0.25) is 10.0 Å². The zero-order chi connectivity index (χ0) is 24.0. The van der Waals surface area contributed by atoms with E-state index in [2.05, 4.69) is 10.7 Å². The van der Waals surface area contributed by atoms with Crippen molar-refractivity contribution in [3.8, 4) is 6.07 Å². The van der Waals surface area contributed by atoms with Crippen LogP contribution in [0.1, 0.15) is 49.2 Å². The molecule has 0 unspecified atom stereocenters. The van der Waals surface area contributed by atoms with Gasteiger partial charge in [-0.2, -0.15) is 5.26 Å². The molecule has 0 aromatic heterocycles. The van der Waals surface area contributed by atoms with Crippen molar-refractivity contribution in [2.24, 2.45) is 0 Å². The van der Waals surface area contributed by atoms with Gasteiger partial charge in [-0.05, 0) is 62.7 Å². The van der Waals surface area contributed by atoms with E-state index in [1.54, 1.807) is 50.2 Å². The molecule has 7 nitrogen and oxygen atoms in total. The molecule has 2 aromatic carbocycles. The number of aliphatic hydroxyl groups is 1. The van der Waals surface area contributed by atoms with E-state index in [-0.39, 0.29) is 5.91 Å². The number of nitriles is 1. The van der Waals surface area contributed by atoms with Gasteiger partial charge < -0.3 is 10.4 Å². The molecule has 0 fully saturated rings. The fourth-order valence-corrected chi connectivity index (χ4v) is 2.38. The van der Waals surface area contributed by atoms with Crippen LogP contribution in [-0.4, -0.2) is 29.6 Å². The number of carbonyl (C=O) groups is 2. The average molecular weight is 467 g/mol. The van der Waals surface area contributed by atoms with Crippen LogP contribution in [0.4, 0.5) is 5.69 Å². The number of anilines is 1. The molecule has 2 amide bonds. The lowest BCUT2D eigenvalue weighted by Gasteiger charge is -2.20. The fourth-order valence-electron chi connectivity index (χ4n) is 2.04. The molecule has 31 heavy (non-hydrogen) atoms. The number of halogens is 2. The second kappa shape index (κ2) is 14.3. The highest BCUT2D eigenvalue weighted by Crippen LogP contribution is 2.27. The van der Waals surface area contributed by atoms with Crippen molar-refractivity contribution in [1.29, 1.82) is 5.26 Å². The van der Waals surface area contributed by atoms with E-state index in [1.165, 1.54) is 0 Å². The minimum atomic E-state index is -0.785. The largest absolute Gasteiger partial charge is 0.389 e. The van der Waals surface area contributed by atoms with Crippen molar-refractivity contribution in [1.82, 2.24) is 10.9 Å². The maximum absolute atomic E-state index is 11.1. The summed E-state index contributed by atoms with van der Waals surface area (Å²) in [5.41, 5.74) is 5.99. The molecular weight excluding hydrogens is 439 g/mol. The molecule has 0 aliphatic heterocycles. The first-order valence-electron chi connectivity index (χ1n) is 9.49. The van der Waals surface area contributed by atoms with E-state index >= 15 is 0 Å². The van der Waals surface area contributed by atoms with E-state index in [4.69, 9.17) is 28.5 Å². The lowest BCUT2D eigenvalue weighted by molar-refractivity contribution is -0.110. The van der Waals surface area contributed by atoms with Gasteiger partial charge in [-0.25, -0.2) is 0 Å². The summed E-state index contributed by atoms with van der Waals surface area (Å²) < 4.78 is 0. The number of hydrazine groups is 1. The van der Waals surface area contributed by atoms with Gasteiger partial charge in [0.15, 0.2) is 0 Å². The number of rotatable bonds is 6. The average Bonchev–Trinajstić information content (AvgIpc) is 2.75. The number of hydrogen-bond donors (Lipinski definition) is 4. The van der Waals surface area contributed by atoms with Crippen molar-refractivity contribution in [2.45, 2.75) is 40.2 Å². The summed E-state index contributed by atoms with van der Waals surface area (Å²) in [5.74, 6) is -0.385. The van der Waals surface area contributed by atoms with Crippen LogP contribution < -0.4 is 16.2 Å². The minimum Gasteiger partial charge on any atom is -0.389 e. The Morgan fingerprint density at radius 2 is 1.74 bits per heavy atom. The molecule has 0 radical (unpaired) electrons. The van der Waals surface area contributed by atoms with Gasteiger partial charge in [0.25, 0.3) is 5.91 Å². The smallest absolute Gasteiger partial charge is 0.269 e. The van der Waals surface area contributed by atoms with Crippen molar-refractivity contribution in [3.63, 3.8) is 0 Å². The Labute approximate surface area is 193 Å². The monoisotopic (exact) mass is 466 g/mol. The predicted octanol–water partition coefficient (Wildman–Crippen LogP) is 4.46. The van der Waals surface area contributed by atoms with E-state index in [0.29, 0.717) is 34.1 Å². The van der Waals surface area contributed by atoms with Crippen LogP contribution in [0.15, 0.2) is 36.4 Å². The molecule has 0 aliphatic carbocycles. The first-order chi connectivity index (χ1) is 14.6. The van der Waals surface area contributed by atoms with Crippen LogP contribution in [0, 0.1) is 18.3 Å². The number of carbonyl (C=O) groups excluding carboxylic acids is 2. The highest BCUT2D eigenvalue weighted by molar-refractivity contribution is 6.32. The zero-order valence-corrected chi connectivity index (χ0v) is 19.7. The third-order valence-corrected chi connectivity index (χ3v) is 4.31. The predicted molar refractivity (Wildman–Crippen MR) is 125 cm³/mol. The molecule has 2 rings (SSSR count). The normalized spacial score (nSPS) is 9.65. The lowest BCUT2D eigenvalue weighted by Crippen LogP contribution is -2.36. The van der Waals surface area contributed by atoms with Crippen LogP contribution in [0.5, 0.6) is 0 Å². The molecule has 2 aromatic rings. The number of hydrogen-bond acceptors (Lipinski definition) is 5. The highest BCUT2D eigenvalue weighted by Gasteiger charge is 2.14. The van der Waals surface area contributed by atoms with Crippen LogP contribution in [0.3, 0.4) is 0 Å². The molecule has 0 bridgehead atoms. The van der Waals surface area contributed by atoms with Gasteiger partial charge in [-0.15, -0.1) is 0 Å². The Morgan fingerprint density at radius 1 is 1.16 bits per heavy atom. The topological polar surface area (TPSA) is 114 Å². The summed E-state index contributed by atoms with van der Waals surface area (Å²) in [6.45, 7) is 9.72. The van der Waals surface area contributed by atoms with Gasteiger partial charge in [-0.1, -0.05) is 37.0 Å². The summed E-state index contributed by atoms with van der Waals surface area (Å²) in [6.07, 6.45) is 0.383. The molecule has 0 saturated carbocycles. The van der Waals surface area contributed by atoms with Crippen LogP contribution >= 0.6 is 23.2 Å². The molecule has 0 atom stereocenters. The number of amides is 2. The molecule has 9 heteroatoms. The first-order valence-corrected chi connectivity index (χ1v) is 10.2. The zero-order valence-electron chi connectivity index (χ0n) is 18.2. The van der Waals surface area contributed by atoms with Crippen molar-refractivity contribution in [2.75, 3.05) is 11.9 Å². The maximum Gasteiger partial charge on any atom is 0.269 e. The van der Waals surface area contributed by atoms with Crippen molar-refractivity contribution >= 4 is 41.2 Å². The summed E-state index contributed by atoms with van der Waals surface area (Å²) in [6, 6.07) is 11.8. The summed E-state index contributed by atoms with van der Waals surface area (Å²) in [7, 11) is 0. The van der Waals surface area contributed by atoms with Crippen LogP contribution in [0.25, 0.3) is 0 Å². The van der Waals surface area contributed by atoms with E-state index in [0.717, 1.165) is 11.3 Å². The molecule has 0 aliphatic rings. The van der Waals surface area contributed by atoms with Crippen molar-refractivity contribution < 1.29 is 14.7 Å². The molecule has 168 valence electrons. The van der Waals surface area contributed by atoms with Gasteiger partial charge in [0.1, 0.15) is 6.07 Å². The third-order valence-electron chi connectivity index (χ3n) is 3.57. The van der Waals surface area contributed by atoms with Gasteiger partial charge in [0.05, 0.1) is 16.2 Å². The number of nitrogens with one attached hydrogen (secondary N) is 3. The highest BCUT2D eigenvalue weighted by atomic mass is 35.5. The molecule has 0 heterocycles. The summed E-state index contributed by atoms with van der Waals surface area (Å²) in [4.78, 5) is 21.0. The van der Waals surface area contributed by atoms with Crippen LogP contribution in [-0.2, 0) is 4.79 Å². The Kier molecular flexibility index (Phi) is 13.0. The quantitative estimate of drug-likeness (QED) is 0.370. The maximum atomic E-state index is 11.1. The van der Waals surface area contributed by atoms with Crippen molar-refractivity contribution in [3.05, 3.63) is 63.1 Å². The Balaban J connectivity index is 0.000000547. The summed E-state index contributed by atoms with van der Waals surface area (Å²) in [5, 5.41) is 22.5.